The minimum absolute atomic E-state index is 0.0476. The summed E-state index contributed by atoms with van der Waals surface area (Å²) >= 11 is 0. The standard InChI is InChI=1S/C26H27FN4O3/c1-18-13-14-28-23(15-18)30-24(32)11-12-26(34)31(22-6-4-3-5-19(22)2)17-25(33)29-16-20-7-9-21(27)10-8-20/h3-10,13-15H,11-12,16-17H2,1-2H3,(H,29,33)(H,28,30,32). The van der Waals surface area contributed by atoms with Crippen molar-refractivity contribution in [1.82, 2.24) is 10.3 Å². The number of aromatic nitrogens is 1. The fourth-order valence-corrected chi connectivity index (χ4v) is 3.34. The van der Waals surface area contributed by atoms with Crippen molar-refractivity contribution in [2.45, 2.75) is 33.2 Å². The first-order valence-electron chi connectivity index (χ1n) is 10.9. The van der Waals surface area contributed by atoms with Gasteiger partial charge in [0.1, 0.15) is 18.2 Å². The van der Waals surface area contributed by atoms with E-state index in [1.807, 2.05) is 32.0 Å². The molecule has 0 bridgehead atoms. The van der Waals surface area contributed by atoms with E-state index in [1.165, 1.54) is 17.0 Å². The average Bonchev–Trinajstić information content (AvgIpc) is 2.81. The van der Waals surface area contributed by atoms with Crippen molar-refractivity contribution in [3.8, 4) is 0 Å². The number of aryl methyl sites for hydroxylation is 2. The quantitative estimate of drug-likeness (QED) is 0.505. The van der Waals surface area contributed by atoms with Gasteiger partial charge in [0.05, 0.1) is 0 Å². The number of benzene rings is 2. The molecule has 0 fully saturated rings. The smallest absolute Gasteiger partial charge is 0.240 e. The van der Waals surface area contributed by atoms with E-state index >= 15 is 0 Å². The Hall–Kier alpha value is -4.07. The van der Waals surface area contributed by atoms with Crippen molar-refractivity contribution < 1.29 is 18.8 Å². The summed E-state index contributed by atoms with van der Waals surface area (Å²) in [5.74, 6) is -0.980. The predicted molar refractivity (Wildman–Crippen MR) is 129 cm³/mol. The highest BCUT2D eigenvalue weighted by atomic mass is 19.1. The molecule has 0 spiro atoms. The van der Waals surface area contributed by atoms with Crippen molar-refractivity contribution >= 4 is 29.2 Å². The number of para-hydroxylation sites is 1. The Morgan fingerprint density at radius 1 is 0.941 bits per heavy atom. The van der Waals surface area contributed by atoms with E-state index < -0.39 is 0 Å². The summed E-state index contributed by atoms with van der Waals surface area (Å²) in [6, 6.07) is 16.6. The van der Waals surface area contributed by atoms with Gasteiger partial charge in [-0.15, -0.1) is 0 Å². The maximum absolute atomic E-state index is 13.1. The number of amides is 3. The molecule has 176 valence electrons. The predicted octanol–water partition coefficient (Wildman–Crippen LogP) is 3.91. The maximum Gasteiger partial charge on any atom is 0.240 e. The van der Waals surface area contributed by atoms with Gasteiger partial charge in [-0.25, -0.2) is 9.37 Å². The molecule has 0 aliphatic carbocycles. The minimum Gasteiger partial charge on any atom is -0.350 e. The third-order valence-corrected chi connectivity index (χ3v) is 5.16. The molecule has 0 saturated carbocycles. The summed E-state index contributed by atoms with van der Waals surface area (Å²) < 4.78 is 13.1. The lowest BCUT2D eigenvalue weighted by Gasteiger charge is -2.24. The average molecular weight is 463 g/mol. The summed E-state index contributed by atoms with van der Waals surface area (Å²) in [5, 5.41) is 5.44. The molecule has 1 heterocycles. The number of carbonyl (C=O) groups is 3. The number of carbonyl (C=O) groups excluding carboxylic acids is 3. The van der Waals surface area contributed by atoms with Crippen LogP contribution >= 0.6 is 0 Å². The largest absolute Gasteiger partial charge is 0.350 e. The molecule has 0 atom stereocenters. The third-order valence-electron chi connectivity index (χ3n) is 5.16. The molecule has 3 rings (SSSR count). The van der Waals surface area contributed by atoms with Gasteiger partial charge >= 0.3 is 0 Å². The van der Waals surface area contributed by atoms with Gasteiger partial charge in [0, 0.05) is 31.3 Å². The Kier molecular flexibility index (Phi) is 8.45. The molecule has 3 amide bonds. The Morgan fingerprint density at radius 2 is 1.68 bits per heavy atom. The molecule has 2 N–H and O–H groups in total. The van der Waals surface area contributed by atoms with E-state index in [9.17, 15) is 18.8 Å². The Balaban J connectivity index is 1.63. The zero-order chi connectivity index (χ0) is 24.5. The first kappa shape index (κ1) is 24.6. The monoisotopic (exact) mass is 462 g/mol. The van der Waals surface area contributed by atoms with E-state index in [1.54, 1.807) is 36.5 Å². The van der Waals surface area contributed by atoms with Gasteiger partial charge in [0.15, 0.2) is 0 Å². The molecule has 0 saturated heterocycles. The van der Waals surface area contributed by atoms with Gasteiger partial charge in [0.25, 0.3) is 0 Å². The first-order chi connectivity index (χ1) is 16.3. The van der Waals surface area contributed by atoms with Gasteiger partial charge in [-0.2, -0.15) is 0 Å². The van der Waals surface area contributed by atoms with Crippen LogP contribution in [0, 0.1) is 19.7 Å². The second-order valence-electron chi connectivity index (χ2n) is 7.94. The summed E-state index contributed by atoms with van der Waals surface area (Å²) in [6.07, 6.45) is 1.48. The lowest BCUT2D eigenvalue weighted by Crippen LogP contribution is -2.41. The third kappa shape index (κ3) is 7.23. The second-order valence-corrected chi connectivity index (χ2v) is 7.94. The second kappa shape index (κ2) is 11.7. The molecular formula is C26H27FN4O3. The van der Waals surface area contributed by atoms with Crippen LogP contribution in [0.1, 0.15) is 29.5 Å². The van der Waals surface area contributed by atoms with Crippen LogP contribution in [-0.2, 0) is 20.9 Å². The number of hydrogen-bond acceptors (Lipinski definition) is 4. The van der Waals surface area contributed by atoms with Crippen LogP contribution in [0.15, 0.2) is 66.9 Å². The fraction of sp³-hybridized carbons (Fsp3) is 0.231. The molecule has 34 heavy (non-hydrogen) atoms. The lowest BCUT2D eigenvalue weighted by molar-refractivity contribution is -0.125. The first-order valence-corrected chi connectivity index (χ1v) is 10.9. The van der Waals surface area contributed by atoms with Crippen LogP contribution in [0.2, 0.25) is 0 Å². The highest BCUT2D eigenvalue weighted by Gasteiger charge is 2.21. The van der Waals surface area contributed by atoms with Crippen molar-refractivity contribution in [3.63, 3.8) is 0 Å². The van der Waals surface area contributed by atoms with Crippen molar-refractivity contribution in [3.05, 3.63) is 89.4 Å². The summed E-state index contributed by atoms with van der Waals surface area (Å²) in [6.45, 7) is 3.75. The number of hydrogen-bond donors (Lipinski definition) is 2. The number of nitrogens with zero attached hydrogens (tertiary/aromatic N) is 2. The van der Waals surface area contributed by atoms with E-state index in [4.69, 9.17) is 0 Å². The molecule has 0 aliphatic heterocycles. The zero-order valence-electron chi connectivity index (χ0n) is 19.2. The summed E-state index contributed by atoms with van der Waals surface area (Å²) in [4.78, 5) is 43.5. The molecule has 3 aromatic rings. The van der Waals surface area contributed by atoms with E-state index in [0.29, 0.717) is 11.5 Å². The van der Waals surface area contributed by atoms with Crippen LogP contribution in [0.25, 0.3) is 0 Å². The van der Waals surface area contributed by atoms with Crippen molar-refractivity contribution in [1.29, 1.82) is 0 Å². The number of rotatable bonds is 9. The highest BCUT2D eigenvalue weighted by molar-refractivity contribution is 6.01. The van der Waals surface area contributed by atoms with Gasteiger partial charge in [-0.1, -0.05) is 30.3 Å². The van der Waals surface area contributed by atoms with Crippen LogP contribution in [-0.4, -0.2) is 29.3 Å². The molecular weight excluding hydrogens is 435 g/mol. The Bertz CT molecular complexity index is 1160. The van der Waals surface area contributed by atoms with Gasteiger partial charge in [-0.05, 0) is 60.9 Å². The fourth-order valence-electron chi connectivity index (χ4n) is 3.34. The SMILES string of the molecule is Cc1ccnc(NC(=O)CCC(=O)N(CC(=O)NCc2ccc(F)cc2)c2ccccc2C)c1. The number of anilines is 2. The van der Waals surface area contributed by atoms with E-state index in [0.717, 1.165) is 16.7 Å². The molecule has 0 unspecified atom stereocenters. The molecule has 0 aliphatic rings. The van der Waals surface area contributed by atoms with Gasteiger partial charge in [-0.3, -0.25) is 14.4 Å². The van der Waals surface area contributed by atoms with Crippen LogP contribution in [0.3, 0.4) is 0 Å². The summed E-state index contributed by atoms with van der Waals surface area (Å²) in [7, 11) is 0. The minimum atomic E-state index is -0.366. The zero-order valence-corrected chi connectivity index (χ0v) is 19.2. The topological polar surface area (TPSA) is 91.4 Å². The number of pyridine rings is 1. The van der Waals surface area contributed by atoms with Crippen LogP contribution < -0.4 is 15.5 Å². The summed E-state index contributed by atoms with van der Waals surface area (Å²) in [5.41, 5.74) is 3.13. The van der Waals surface area contributed by atoms with Crippen LogP contribution in [0.4, 0.5) is 15.9 Å². The maximum atomic E-state index is 13.1. The van der Waals surface area contributed by atoms with Crippen molar-refractivity contribution in [2.24, 2.45) is 0 Å². The normalized spacial score (nSPS) is 10.4. The number of nitrogens with one attached hydrogen (secondary N) is 2. The number of halogens is 1. The molecule has 8 heteroatoms. The Morgan fingerprint density at radius 3 is 2.38 bits per heavy atom. The highest BCUT2D eigenvalue weighted by Crippen LogP contribution is 2.20. The van der Waals surface area contributed by atoms with Crippen LogP contribution in [0.5, 0.6) is 0 Å². The lowest BCUT2D eigenvalue weighted by atomic mass is 10.1. The molecule has 1 aromatic heterocycles. The van der Waals surface area contributed by atoms with Gasteiger partial charge in [0.2, 0.25) is 17.7 Å². The van der Waals surface area contributed by atoms with Crippen molar-refractivity contribution in [2.75, 3.05) is 16.8 Å². The molecule has 2 aromatic carbocycles. The molecule has 7 nitrogen and oxygen atoms in total. The van der Waals surface area contributed by atoms with E-state index in [-0.39, 0.29) is 49.5 Å². The van der Waals surface area contributed by atoms with Gasteiger partial charge < -0.3 is 15.5 Å². The molecule has 0 radical (unpaired) electrons. The van der Waals surface area contributed by atoms with E-state index in [2.05, 4.69) is 15.6 Å². The Labute approximate surface area is 198 Å².